The Balaban J connectivity index is 2.55. The minimum atomic E-state index is -3.53. The number of aryl methyl sites for hydroxylation is 2. The van der Waals surface area contributed by atoms with Gasteiger partial charge in [-0.25, -0.2) is 8.42 Å². The number of hydrogen-bond acceptors (Lipinski definition) is 3. The van der Waals surface area contributed by atoms with E-state index >= 15 is 0 Å². The summed E-state index contributed by atoms with van der Waals surface area (Å²) in [5.74, 6) is 0.433. The van der Waals surface area contributed by atoms with Crippen LogP contribution in [0.2, 0.25) is 0 Å². The second-order valence-electron chi connectivity index (χ2n) is 6.05. The quantitative estimate of drug-likeness (QED) is 0.861. The number of benzene rings is 1. The summed E-state index contributed by atoms with van der Waals surface area (Å²) in [6, 6.07) is 3.61. The topological polar surface area (TPSA) is 46.6 Å². The van der Waals surface area contributed by atoms with Crippen molar-refractivity contribution in [2.24, 2.45) is 0 Å². The maximum atomic E-state index is 13.1. The van der Waals surface area contributed by atoms with Gasteiger partial charge in [-0.05, 0) is 63.8 Å². The largest absolute Gasteiger partial charge is 0.495 e. The van der Waals surface area contributed by atoms with E-state index in [1.165, 1.54) is 7.11 Å². The molecule has 1 aromatic carbocycles. The molecule has 5 heteroatoms. The summed E-state index contributed by atoms with van der Waals surface area (Å²) in [6.07, 6.45) is 2.91. The van der Waals surface area contributed by atoms with E-state index in [1.807, 2.05) is 33.8 Å². The van der Waals surface area contributed by atoms with Crippen molar-refractivity contribution in [3.05, 3.63) is 23.3 Å². The van der Waals surface area contributed by atoms with Crippen molar-refractivity contribution < 1.29 is 13.2 Å². The molecule has 1 heterocycles. The van der Waals surface area contributed by atoms with Gasteiger partial charge in [0, 0.05) is 12.1 Å². The van der Waals surface area contributed by atoms with E-state index in [4.69, 9.17) is 4.74 Å². The molecule has 1 saturated heterocycles. The van der Waals surface area contributed by atoms with Gasteiger partial charge < -0.3 is 4.74 Å². The predicted octanol–water partition coefficient (Wildman–Crippen LogP) is 3.26. The second-order valence-corrected chi connectivity index (χ2v) is 7.86. The maximum Gasteiger partial charge on any atom is 0.247 e. The predicted molar refractivity (Wildman–Crippen MR) is 84.3 cm³/mol. The standard InChI is InChI=1S/C16H25NO3S/c1-11-9-15(20-5)16(10-12(11)2)21(18,19)17-13(3)7-6-8-14(17)4/h9-10,13-14H,6-8H2,1-5H3/t13-,14-/m0/s1. The number of ether oxygens (including phenoxy) is 1. The average molecular weight is 311 g/mol. The molecule has 0 spiro atoms. The van der Waals surface area contributed by atoms with Gasteiger partial charge in [-0.2, -0.15) is 4.31 Å². The van der Waals surface area contributed by atoms with Gasteiger partial charge in [0.05, 0.1) is 7.11 Å². The minimum Gasteiger partial charge on any atom is -0.495 e. The Morgan fingerprint density at radius 1 is 1.10 bits per heavy atom. The number of nitrogens with zero attached hydrogens (tertiary/aromatic N) is 1. The number of hydrogen-bond donors (Lipinski definition) is 0. The van der Waals surface area contributed by atoms with Gasteiger partial charge in [-0.15, -0.1) is 0 Å². The Kier molecular flexibility index (Phi) is 4.63. The van der Waals surface area contributed by atoms with Gasteiger partial charge in [-0.1, -0.05) is 6.42 Å². The number of rotatable bonds is 3. The molecule has 1 fully saturated rings. The fourth-order valence-electron chi connectivity index (χ4n) is 3.11. The van der Waals surface area contributed by atoms with E-state index < -0.39 is 10.0 Å². The molecule has 4 nitrogen and oxygen atoms in total. The van der Waals surface area contributed by atoms with E-state index in [2.05, 4.69) is 0 Å². The molecule has 21 heavy (non-hydrogen) atoms. The molecule has 0 unspecified atom stereocenters. The van der Waals surface area contributed by atoms with Crippen LogP contribution in [0.15, 0.2) is 17.0 Å². The Labute approximate surface area is 128 Å². The first kappa shape index (κ1) is 16.3. The highest BCUT2D eigenvalue weighted by atomic mass is 32.2. The van der Waals surface area contributed by atoms with Crippen LogP contribution < -0.4 is 4.74 Å². The molecule has 0 aliphatic carbocycles. The highest BCUT2D eigenvalue weighted by Crippen LogP contribution is 2.34. The van der Waals surface area contributed by atoms with Crippen LogP contribution in [0.1, 0.15) is 44.2 Å². The molecule has 0 amide bonds. The summed E-state index contributed by atoms with van der Waals surface area (Å²) in [4.78, 5) is 0.286. The first-order chi connectivity index (χ1) is 9.78. The van der Waals surface area contributed by atoms with E-state index in [-0.39, 0.29) is 17.0 Å². The van der Waals surface area contributed by atoms with Crippen molar-refractivity contribution in [3.63, 3.8) is 0 Å². The fraction of sp³-hybridized carbons (Fsp3) is 0.625. The molecule has 0 N–H and O–H groups in total. The molecule has 0 bridgehead atoms. The lowest BCUT2D eigenvalue weighted by molar-refractivity contribution is 0.203. The normalized spacial score (nSPS) is 24.0. The van der Waals surface area contributed by atoms with E-state index in [0.29, 0.717) is 5.75 Å². The smallest absolute Gasteiger partial charge is 0.247 e. The summed E-state index contributed by atoms with van der Waals surface area (Å²) >= 11 is 0. The molecule has 1 aromatic rings. The highest BCUT2D eigenvalue weighted by Gasteiger charge is 2.37. The van der Waals surface area contributed by atoms with Crippen molar-refractivity contribution >= 4 is 10.0 Å². The maximum absolute atomic E-state index is 13.1. The van der Waals surface area contributed by atoms with Crippen molar-refractivity contribution in [1.82, 2.24) is 4.31 Å². The Morgan fingerprint density at radius 2 is 1.62 bits per heavy atom. The summed E-state index contributed by atoms with van der Waals surface area (Å²) in [5, 5.41) is 0. The van der Waals surface area contributed by atoms with Gasteiger partial charge in [-0.3, -0.25) is 0 Å². The van der Waals surface area contributed by atoms with Crippen molar-refractivity contribution in [3.8, 4) is 5.75 Å². The van der Waals surface area contributed by atoms with E-state index in [9.17, 15) is 8.42 Å². The lowest BCUT2D eigenvalue weighted by Gasteiger charge is -2.38. The molecule has 0 aromatic heterocycles. The third-order valence-electron chi connectivity index (χ3n) is 4.45. The molecule has 0 radical (unpaired) electrons. The number of methoxy groups -OCH3 is 1. The summed E-state index contributed by atoms with van der Waals surface area (Å²) in [5.41, 5.74) is 2.00. The van der Waals surface area contributed by atoms with E-state index in [0.717, 1.165) is 30.4 Å². The van der Waals surface area contributed by atoms with Crippen LogP contribution >= 0.6 is 0 Å². The molecule has 2 atom stereocenters. The highest BCUT2D eigenvalue weighted by molar-refractivity contribution is 7.89. The average Bonchev–Trinajstić information content (AvgIpc) is 2.40. The molecule has 1 aliphatic rings. The SMILES string of the molecule is COc1cc(C)c(C)cc1S(=O)(=O)N1[C@@H](C)CCC[C@@H]1C. The summed E-state index contributed by atoms with van der Waals surface area (Å²) in [7, 11) is -2.01. The molecule has 0 saturated carbocycles. The van der Waals surface area contributed by atoms with Crippen molar-refractivity contribution in [2.75, 3.05) is 7.11 Å². The van der Waals surface area contributed by atoms with Crippen LogP contribution in [0.4, 0.5) is 0 Å². The van der Waals surface area contributed by atoms with Gasteiger partial charge in [0.15, 0.2) is 0 Å². The Bertz CT molecular complexity index is 615. The zero-order chi connectivity index (χ0) is 15.8. The third-order valence-corrected chi connectivity index (χ3v) is 6.60. The van der Waals surface area contributed by atoms with Crippen LogP contribution in [-0.4, -0.2) is 31.9 Å². The van der Waals surface area contributed by atoms with Crippen molar-refractivity contribution in [1.29, 1.82) is 0 Å². The fourth-order valence-corrected chi connectivity index (χ4v) is 5.22. The zero-order valence-electron chi connectivity index (χ0n) is 13.5. The Hall–Kier alpha value is -1.07. The molecule has 1 aliphatic heterocycles. The number of sulfonamides is 1. The van der Waals surface area contributed by atoms with Crippen LogP contribution in [0, 0.1) is 13.8 Å². The van der Waals surface area contributed by atoms with Crippen molar-refractivity contribution in [2.45, 2.75) is 63.9 Å². The van der Waals surface area contributed by atoms with Gasteiger partial charge >= 0.3 is 0 Å². The monoisotopic (exact) mass is 311 g/mol. The van der Waals surface area contributed by atoms with Crippen LogP contribution in [0.25, 0.3) is 0 Å². The lowest BCUT2D eigenvalue weighted by atomic mass is 10.0. The van der Waals surface area contributed by atoms with Crippen LogP contribution in [0.3, 0.4) is 0 Å². The molecule has 118 valence electrons. The molecular weight excluding hydrogens is 286 g/mol. The minimum absolute atomic E-state index is 0.0325. The zero-order valence-corrected chi connectivity index (χ0v) is 14.3. The summed E-state index contributed by atoms with van der Waals surface area (Å²) < 4.78 is 33.2. The molecular formula is C16H25NO3S. The lowest BCUT2D eigenvalue weighted by Crippen LogP contribution is -2.47. The summed E-state index contributed by atoms with van der Waals surface area (Å²) in [6.45, 7) is 7.86. The number of piperidine rings is 1. The van der Waals surface area contributed by atoms with Crippen LogP contribution in [-0.2, 0) is 10.0 Å². The van der Waals surface area contributed by atoms with Gasteiger partial charge in [0.25, 0.3) is 0 Å². The third kappa shape index (κ3) is 2.94. The molecule has 2 rings (SSSR count). The van der Waals surface area contributed by atoms with E-state index in [1.54, 1.807) is 10.4 Å². The van der Waals surface area contributed by atoms with Crippen LogP contribution in [0.5, 0.6) is 5.75 Å². The van der Waals surface area contributed by atoms with Gasteiger partial charge in [0.2, 0.25) is 10.0 Å². The first-order valence-corrected chi connectivity index (χ1v) is 8.91. The second kappa shape index (κ2) is 5.97. The Morgan fingerprint density at radius 3 is 2.14 bits per heavy atom. The van der Waals surface area contributed by atoms with Gasteiger partial charge in [0.1, 0.15) is 10.6 Å². The first-order valence-electron chi connectivity index (χ1n) is 7.47.